The second kappa shape index (κ2) is 4.03. The second-order valence-electron chi connectivity index (χ2n) is 2.90. The molecule has 1 aromatic rings. The summed E-state index contributed by atoms with van der Waals surface area (Å²) in [4.78, 5) is 0. The molecule has 3 heteroatoms. The van der Waals surface area contributed by atoms with Crippen molar-refractivity contribution in [2.24, 2.45) is 0 Å². The largest absolute Gasteiger partial charge is 0.314 e. The van der Waals surface area contributed by atoms with E-state index in [1.807, 2.05) is 25.1 Å². The Hall–Kier alpha value is -0.380. The first kappa shape index (κ1) is 9.71. The van der Waals surface area contributed by atoms with Crippen LogP contribution in [0.3, 0.4) is 0 Å². The fourth-order valence-corrected chi connectivity index (χ4v) is 1.43. The summed E-state index contributed by atoms with van der Waals surface area (Å²) in [7, 11) is 1.63. The quantitative estimate of drug-likeness (QED) is 0.789. The van der Waals surface area contributed by atoms with Gasteiger partial charge in [0.25, 0.3) is 0 Å². The van der Waals surface area contributed by atoms with E-state index in [1.54, 1.807) is 7.05 Å². The van der Waals surface area contributed by atoms with E-state index in [0.717, 1.165) is 15.1 Å². The van der Waals surface area contributed by atoms with Crippen LogP contribution in [0.25, 0.3) is 0 Å². The maximum absolute atomic E-state index is 8.98. The van der Waals surface area contributed by atoms with Gasteiger partial charge in [0.2, 0.25) is 0 Å². The van der Waals surface area contributed by atoms with E-state index in [-0.39, 0.29) is 0 Å². The molecular formula is C9H12BrNO. The van der Waals surface area contributed by atoms with Gasteiger partial charge in [0, 0.05) is 18.1 Å². The first-order chi connectivity index (χ1) is 5.59. The number of nitrogens with zero attached hydrogens (tertiary/aromatic N) is 1. The number of halogens is 1. The zero-order chi connectivity index (χ0) is 9.14. The molecule has 1 aromatic carbocycles. The van der Waals surface area contributed by atoms with Gasteiger partial charge in [-0.1, -0.05) is 28.1 Å². The summed E-state index contributed by atoms with van der Waals surface area (Å²) in [5.74, 6) is 0. The molecule has 0 aliphatic carbocycles. The van der Waals surface area contributed by atoms with Crippen LogP contribution in [-0.2, 0) is 6.54 Å². The van der Waals surface area contributed by atoms with Crippen molar-refractivity contribution >= 4 is 15.9 Å². The Labute approximate surface area is 80.9 Å². The highest BCUT2D eigenvalue weighted by molar-refractivity contribution is 9.10. The fraction of sp³-hybridized carbons (Fsp3) is 0.333. The number of hydrogen-bond donors (Lipinski definition) is 1. The van der Waals surface area contributed by atoms with Crippen molar-refractivity contribution in [3.05, 3.63) is 33.8 Å². The molecule has 0 saturated heterocycles. The van der Waals surface area contributed by atoms with Crippen LogP contribution in [0.4, 0.5) is 0 Å². The van der Waals surface area contributed by atoms with Gasteiger partial charge in [-0.15, -0.1) is 0 Å². The molecule has 0 aromatic heterocycles. The van der Waals surface area contributed by atoms with Crippen LogP contribution in [0.2, 0.25) is 0 Å². The van der Waals surface area contributed by atoms with Crippen molar-refractivity contribution in [1.82, 2.24) is 5.06 Å². The first-order valence-electron chi connectivity index (χ1n) is 3.74. The summed E-state index contributed by atoms with van der Waals surface area (Å²) in [6, 6.07) is 6.05. The summed E-state index contributed by atoms with van der Waals surface area (Å²) < 4.78 is 1.09. The van der Waals surface area contributed by atoms with Crippen LogP contribution >= 0.6 is 15.9 Å². The van der Waals surface area contributed by atoms with Crippen LogP contribution < -0.4 is 0 Å². The first-order valence-corrected chi connectivity index (χ1v) is 4.54. The van der Waals surface area contributed by atoms with Crippen molar-refractivity contribution in [2.45, 2.75) is 13.5 Å². The van der Waals surface area contributed by atoms with Crippen LogP contribution in [0.5, 0.6) is 0 Å². The molecule has 0 aliphatic rings. The summed E-state index contributed by atoms with van der Waals surface area (Å²) >= 11 is 3.44. The SMILES string of the molecule is Cc1ccc(CN(C)O)cc1Br. The summed E-state index contributed by atoms with van der Waals surface area (Å²) in [5.41, 5.74) is 2.30. The predicted molar refractivity (Wildman–Crippen MR) is 52.1 cm³/mol. The third-order valence-electron chi connectivity index (χ3n) is 1.65. The minimum atomic E-state index is 0.554. The lowest BCUT2D eigenvalue weighted by Gasteiger charge is -2.08. The molecule has 0 fully saturated rings. The number of aryl methyl sites for hydroxylation is 1. The van der Waals surface area contributed by atoms with E-state index in [0.29, 0.717) is 6.54 Å². The van der Waals surface area contributed by atoms with Gasteiger partial charge in [0.1, 0.15) is 0 Å². The summed E-state index contributed by atoms with van der Waals surface area (Å²) in [6.45, 7) is 2.59. The van der Waals surface area contributed by atoms with E-state index in [2.05, 4.69) is 15.9 Å². The highest BCUT2D eigenvalue weighted by atomic mass is 79.9. The predicted octanol–water partition coefficient (Wildman–Crippen LogP) is 2.58. The molecule has 0 saturated carbocycles. The molecule has 0 amide bonds. The molecule has 2 nitrogen and oxygen atoms in total. The number of benzene rings is 1. The van der Waals surface area contributed by atoms with Crippen LogP contribution in [0, 0.1) is 6.92 Å². The molecule has 66 valence electrons. The smallest absolute Gasteiger partial charge is 0.0485 e. The Bertz CT molecular complexity index is 273. The number of hydroxylamine groups is 2. The number of rotatable bonds is 2. The Kier molecular flexibility index (Phi) is 3.26. The van der Waals surface area contributed by atoms with Crippen LogP contribution in [0.1, 0.15) is 11.1 Å². The molecule has 0 bridgehead atoms. The molecule has 0 heterocycles. The van der Waals surface area contributed by atoms with Crippen LogP contribution in [0.15, 0.2) is 22.7 Å². The molecular weight excluding hydrogens is 218 g/mol. The van der Waals surface area contributed by atoms with E-state index >= 15 is 0 Å². The maximum Gasteiger partial charge on any atom is 0.0485 e. The van der Waals surface area contributed by atoms with E-state index in [1.165, 1.54) is 5.56 Å². The molecule has 0 radical (unpaired) electrons. The van der Waals surface area contributed by atoms with E-state index in [9.17, 15) is 0 Å². The molecule has 0 spiro atoms. The van der Waals surface area contributed by atoms with E-state index in [4.69, 9.17) is 5.21 Å². The average Bonchev–Trinajstić information content (AvgIpc) is 1.96. The summed E-state index contributed by atoms with van der Waals surface area (Å²) in [6.07, 6.45) is 0. The molecule has 0 unspecified atom stereocenters. The number of hydrogen-bond acceptors (Lipinski definition) is 2. The third-order valence-corrected chi connectivity index (χ3v) is 2.50. The maximum atomic E-state index is 8.98. The Morgan fingerprint density at radius 2 is 2.17 bits per heavy atom. The lowest BCUT2D eigenvalue weighted by atomic mass is 10.1. The Balaban J connectivity index is 2.82. The van der Waals surface area contributed by atoms with Gasteiger partial charge >= 0.3 is 0 Å². The normalized spacial score (nSPS) is 10.8. The minimum Gasteiger partial charge on any atom is -0.314 e. The lowest BCUT2D eigenvalue weighted by Crippen LogP contribution is -2.11. The lowest BCUT2D eigenvalue weighted by molar-refractivity contribution is -0.0731. The van der Waals surface area contributed by atoms with Crippen molar-refractivity contribution in [2.75, 3.05) is 7.05 Å². The topological polar surface area (TPSA) is 23.5 Å². The Morgan fingerprint density at radius 1 is 1.50 bits per heavy atom. The van der Waals surface area contributed by atoms with E-state index < -0.39 is 0 Å². The van der Waals surface area contributed by atoms with Crippen molar-refractivity contribution in [3.63, 3.8) is 0 Å². The highest BCUT2D eigenvalue weighted by Crippen LogP contribution is 2.17. The van der Waals surface area contributed by atoms with Crippen molar-refractivity contribution in [3.8, 4) is 0 Å². The summed E-state index contributed by atoms with van der Waals surface area (Å²) in [5, 5.41) is 10.1. The third kappa shape index (κ3) is 2.59. The van der Waals surface area contributed by atoms with Crippen molar-refractivity contribution < 1.29 is 5.21 Å². The highest BCUT2D eigenvalue weighted by Gasteiger charge is 1.98. The molecule has 1 rings (SSSR count). The zero-order valence-corrected chi connectivity index (χ0v) is 8.80. The standard InChI is InChI=1S/C9H12BrNO/c1-7-3-4-8(5-9(7)10)6-11(2)12/h3-5,12H,6H2,1-2H3. The van der Waals surface area contributed by atoms with Crippen molar-refractivity contribution in [1.29, 1.82) is 0 Å². The fourth-order valence-electron chi connectivity index (χ4n) is 0.999. The molecule has 0 atom stereocenters. The van der Waals surface area contributed by atoms with Gasteiger partial charge < -0.3 is 5.21 Å². The zero-order valence-electron chi connectivity index (χ0n) is 7.21. The van der Waals surface area contributed by atoms with Crippen LogP contribution in [-0.4, -0.2) is 17.3 Å². The van der Waals surface area contributed by atoms with Gasteiger partial charge in [-0.05, 0) is 24.1 Å². The van der Waals surface area contributed by atoms with Gasteiger partial charge in [0.05, 0.1) is 0 Å². The minimum absolute atomic E-state index is 0.554. The monoisotopic (exact) mass is 229 g/mol. The Morgan fingerprint density at radius 3 is 2.67 bits per heavy atom. The van der Waals surface area contributed by atoms with Gasteiger partial charge in [0.15, 0.2) is 0 Å². The molecule has 12 heavy (non-hydrogen) atoms. The van der Waals surface area contributed by atoms with Gasteiger partial charge in [-0.2, -0.15) is 5.06 Å². The molecule has 1 N–H and O–H groups in total. The average molecular weight is 230 g/mol. The second-order valence-corrected chi connectivity index (χ2v) is 3.75. The molecule has 0 aliphatic heterocycles. The van der Waals surface area contributed by atoms with Gasteiger partial charge in [-0.3, -0.25) is 0 Å². The van der Waals surface area contributed by atoms with Gasteiger partial charge in [-0.25, -0.2) is 0 Å².